The van der Waals surface area contributed by atoms with Crippen LogP contribution in [0.1, 0.15) is 112 Å². The fourth-order valence-electron chi connectivity index (χ4n) is 3.67. The highest BCUT2D eigenvalue weighted by molar-refractivity contribution is 5.92. The average molecular weight is 440 g/mol. The summed E-state index contributed by atoms with van der Waals surface area (Å²) in [4.78, 5) is 27.0. The number of rotatable bonds is 21. The van der Waals surface area contributed by atoms with Crippen molar-refractivity contribution in [3.05, 3.63) is 0 Å². The van der Waals surface area contributed by atoms with Crippen LogP contribution in [0.25, 0.3) is 0 Å². The van der Waals surface area contributed by atoms with Crippen molar-refractivity contribution < 1.29 is 9.59 Å². The Kier molecular flexibility index (Phi) is 16.4. The summed E-state index contributed by atoms with van der Waals surface area (Å²) in [6.07, 6.45) is 16.0. The van der Waals surface area contributed by atoms with E-state index in [1.807, 2.05) is 39.6 Å². The zero-order chi connectivity index (χ0) is 23.8. The van der Waals surface area contributed by atoms with Gasteiger partial charge in [0.15, 0.2) is 11.6 Å². The molecule has 0 radical (unpaired) electrons. The lowest BCUT2D eigenvalue weighted by atomic mass is 9.93. The summed E-state index contributed by atoms with van der Waals surface area (Å²) in [5.41, 5.74) is -1.24. The molecule has 184 valence electrons. The van der Waals surface area contributed by atoms with E-state index < -0.39 is 11.1 Å². The molecule has 0 unspecified atom stereocenters. The van der Waals surface area contributed by atoms with Gasteiger partial charge in [0, 0.05) is 0 Å². The van der Waals surface area contributed by atoms with Gasteiger partial charge in [0.1, 0.15) is 0 Å². The molecule has 0 aliphatic carbocycles. The topological polar surface area (TPSA) is 61.4 Å². The Labute approximate surface area is 193 Å². The highest BCUT2D eigenvalue weighted by atomic mass is 16.1. The summed E-state index contributed by atoms with van der Waals surface area (Å²) < 4.78 is 0. The molecule has 0 aliphatic rings. The predicted molar refractivity (Wildman–Crippen MR) is 134 cm³/mol. The first-order chi connectivity index (χ1) is 14.6. The van der Waals surface area contributed by atoms with Crippen LogP contribution in [0.5, 0.6) is 0 Å². The highest BCUT2D eigenvalue weighted by Crippen LogP contribution is 2.16. The maximum absolute atomic E-state index is 12.8. The normalized spacial score (nSPS) is 12.5. The first-order valence-electron chi connectivity index (χ1n) is 12.8. The Hall–Kier alpha value is -0.780. The predicted octanol–water partition coefficient (Wildman–Crippen LogP) is 5.12. The van der Waals surface area contributed by atoms with E-state index >= 15 is 0 Å². The molecule has 2 N–H and O–H groups in total. The number of hydrogen-bond acceptors (Lipinski definition) is 5. The molecule has 0 saturated carbocycles. The lowest BCUT2D eigenvalue weighted by molar-refractivity contribution is -0.131. The van der Waals surface area contributed by atoms with Crippen LogP contribution in [0.4, 0.5) is 0 Å². The molecule has 5 nitrogen and oxygen atoms in total. The molecule has 0 aromatic heterocycles. The number of nitrogens with zero attached hydrogens (tertiary/aromatic N) is 1. The summed E-state index contributed by atoms with van der Waals surface area (Å²) in [6.45, 7) is 11.4. The summed E-state index contributed by atoms with van der Waals surface area (Å²) in [5.74, 6) is 0.215. The van der Waals surface area contributed by atoms with E-state index in [0.717, 1.165) is 13.0 Å². The SMILES string of the molecule is CCCCCCCCCCCCCCNC(C)(C)C(=O)CN(C)C(C)(C)C(=O)CNC. The van der Waals surface area contributed by atoms with E-state index in [9.17, 15) is 9.59 Å². The van der Waals surface area contributed by atoms with Crippen molar-refractivity contribution in [1.29, 1.82) is 0 Å². The third-order valence-electron chi connectivity index (χ3n) is 6.65. The van der Waals surface area contributed by atoms with Crippen molar-refractivity contribution in [3.8, 4) is 0 Å². The minimum absolute atomic E-state index is 0.0903. The fraction of sp³-hybridized carbons (Fsp3) is 0.923. The van der Waals surface area contributed by atoms with E-state index in [2.05, 4.69) is 17.6 Å². The highest BCUT2D eigenvalue weighted by Gasteiger charge is 2.35. The Morgan fingerprint density at radius 1 is 0.742 bits per heavy atom. The second kappa shape index (κ2) is 16.8. The van der Waals surface area contributed by atoms with E-state index in [0.29, 0.717) is 6.54 Å². The lowest BCUT2D eigenvalue weighted by Gasteiger charge is -2.36. The molecule has 31 heavy (non-hydrogen) atoms. The van der Waals surface area contributed by atoms with E-state index in [-0.39, 0.29) is 18.1 Å². The number of carbonyl (C=O) groups excluding carboxylic acids is 2. The standard InChI is InChI=1S/C26H53N3O2/c1-8-9-10-11-12-13-14-15-16-17-18-19-20-28-25(2,3)24(31)22-29(7)26(4,5)23(30)21-27-6/h27-28H,8-22H2,1-7H3. The van der Waals surface area contributed by atoms with Crippen LogP contribution < -0.4 is 10.6 Å². The monoisotopic (exact) mass is 439 g/mol. The molecule has 0 spiro atoms. The molecule has 0 saturated heterocycles. The number of unbranched alkanes of at least 4 members (excludes halogenated alkanes) is 11. The summed E-state index contributed by atoms with van der Waals surface area (Å²) in [7, 11) is 3.62. The average Bonchev–Trinajstić information content (AvgIpc) is 2.71. The smallest absolute Gasteiger partial charge is 0.166 e. The third kappa shape index (κ3) is 13.4. The number of carbonyl (C=O) groups is 2. The van der Waals surface area contributed by atoms with Crippen LogP contribution >= 0.6 is 0 Å². The number of hydrogen-bond donors (Lipinski definition) is 2. The molecule has 0 aromatic carbocycles. The van der Waals surface area contributed by atoms with Gasteiger partial charge in [-0.1, -0.05) is 77.6 Å². The lowest BCUT2D eigenvalue weighted by Crippen LogP contribution is -2.57. The van der Waals surface area contributed by atoms with Gasteiger partial charge in [-0.3, -0.25) is 14.5 Å². The molecule has 0 aromatic rings. The number of likely N-dealkylation sites (N-methyl/N-ethyl adjacent to an activating group) is 2. The Morgan fingerprint density at radius 2 is 1.19 bits per heavy atom. The maximum atomic E-state index is 12.8. The van der Waals surface area contributed by atoms with Crippen LogP contribution in [0.2, 0.25) is 0 Å². The first-order valence-corrected chi connectivity index (χ1v) is 12.8. The molecule has 0 aliphatic heterocycles. The van der Waals surface area contributed by atoms with Crippen LogP contribution in [0.15, 0.2) is 0 Å². The number of Topliss-reactive ketones (excluding diaryl/α,β-unsaturated/α-hetero) is 2. The second-order valence-electron chi connectivity index (χ2n) is 10.2. The fourth-order valence-corrected chi connectivity index (χ4v) is 3.67. The second-order valence-corrected chi connectivity index (χ2v) is 10.2. The molecule has 0 bridgehead atoms. The third-order valence-corrected chi connectivity index (χ3v) is 6.65. The van der Waals surface area contributed by atoms with Gasteiger partial charge in [-0.05, 0) is 54.8 Å². The number of ketones is 2. The van der Waals surface area contributed by atoms with Gasteiger partial charge in [-0.2, -0.15) is 0 Å². The van der Waals surface area contributed by atoms with Gasteiger partial charge in [-0.15, -0.1) is 0 Å². The van der Waals surface area contributed by atoms with Crippen LogP contribution in [-0.2, 0) is 9.59 Å². The summed E-state index contributed by atoms with van der Waals surface area (Å²) in [5, 5.41) is 6.34. The Bertz CT molecular complexity index is 489. The first kappa shape index (κ1) is 30.2. The minimum Gasteiger partial charge on any atom is -0.313 e. The van der Waals surface area contributed by atoms with Gasteiger partial charge < -0.3 is 10.6 Å². The van der Waals surface area contributed by atoms with Gasteiger partial charge in [0.25, 0.3) is 0 Å². The molecule has 0 rings (SSSR count). The van der Waals surface area contributed by atoms with Gasteiger partial charge in [0.2, 0.25) is 0 Å². The Balaban J connectivity index is 3.95. The quantitative estimate of drug-likeness (QED) is 0.243. The van der Waals surface area contributed by atoms with Crippen LogP contribution in [0.3, 0.4) is 0 Å². The number of nitrogens with one attached hydrogen (secondary N) is 2. The Morgan fingerprint density at radius 3 is 1.65 bits per heavy atom. The summed E-state index contributed by atoms with van der Waals surface area (Å²) in [6, 6.07) is 0. The molecule has 5 heteroatoms. The van der Waals surface area contributed by atoms with Crippen molar-refractivity contribution in [2.75, 3.05) is 33.7 Å². The molecule has 0 fully saturated rings. The summed E-state index contributed by atoms with van der Waals surface area (Å²) >= 11 is 0. The van der Waals surface area contributed by atoms with Crippen molar-refractivity contribution >= 4 is 11.6 Å². The van der Waals surface area contributed by atoms with E-state index in [1.165, 1.54) is 70.6 Å². The molecule has 0 atom stereocenters. The molecular weight excluding hydrogens is 386 g/mol. The largest absolute Gasteiger partial charge is 0.313 e. The van der Waals surface area contributed by atoms with E-state index in [4.69, 9.17) is 0 Å². The molecule has 0 heterocycles. The van der Waals surface area contributed by atoms with Crippen molar-refractivity contribution in [3.63, 3.8) is 0 Å². The van der Waals surface area contributed by atoms with Crippen molar-refractivity contribution in [2.45, 2.75) is 123 Å². The minimum atomic E-state index is -0.662. The van der Waals surface area contributed by atoms with Gasteiger partial charge in [-0.25, -0.2) is 0 Å². The van der Waals surface area contributed by atoms with Crippen LogP contribution in [-0.4, -0.2) is 61.3 Å². The van der Waals surface area contributed by atoms with Crippen molar-refractivity contribution in [2.24, 2.45) is 0 Å². The van der Waals surface area contributed by atoms with Crippen molar-refractivity contribution in [1.82, 2.24) is 15.5 Å². The zero-order valence-corrected chi connectivity index (χ0v) is 21.9. The van der Waals surface area contributed by atoms with Crippen LogP contribution in [0, 0.1) is 0 Å². The molecule has 0 amide bonds. The van der Waals surface area contributed by atoms with Gasteiger partial charge >= 0.3 is 0 Å². The molecular formula is C26H53N3O2. The van der Waals surface area contributed by atoms with E-state index in [1.54, 1.807) is 7.05 Å². The zero-order valence-electron chi connectivity index (χ0n) is 21.9. The van der Waals surface area contributed by atoms with Gasteiger partial charge in [0.05, 0.1) is 24.2 Å². The maximum Gasteiger partial charge on any atom is 0.166 e.